The third kappa shape index (κ3) is 7.35. The van der Waals surface area contributed by atoms with Crippen molar-refractivity contribution in [2.75, 3.05) is 39.5 Å². The van der Waals surface area contributed by atoms with Gasteiger partial charge in [0.1, 0.15) is 0 Å². The molecule has 8 N–H and O–H groups in total. The lowest BCUT2D eigenvalue weighted by Crippen LogP contribution is -2.59. The first kappa shape index (κ1) is 27.2. The van der Waals surface area contributed by atoms with Crippen LogP contribution < -0.4 is 32.1 Å². The Morgan fingerprint density at radius 3 is 2.69 bits per heavy atom. The van der Waals surface area contributed by atoms with Gasteiger partial charge in [-0.2, -0.15) is 0 Å². The first-order valence-corrected chi connectivity index (χ1v) is 14.1. The molecular weight excluding hydrogens is 446 g/mol. The zero-order valence-corrected chi connectivity index (χ0v) is 21.5. The molecule has 2 aliphatic carbocycles. The van der Waals surface area contributed by atoms with Gasteiger partial charge in [-0.1, -0.05) is 26.2 Å². The van der Waals surface area contributed by atoms with Gasteiger partial charge >= 0.3 is 0 Å². The molecule has 0 bridgehead atoms. The summed E-state index contributed by atoms with van der Waals surface area (Å²) in [4.78, 5) is 15.4. The second kappa shape index (κ2) is 13.6. The van der Waals surface area contributed by atoms with Gasteiger partial charge in [0.15, 0.2) is 0 Å². The number of aliphatic hydroxyl groups excluding tert-OH is 2. The molecule has 10 nitrogen and oxygen atoms in total. The van der Waals surface area contributed by atoms with Gasteiger partial charge in [0.05, 0.1) is 31.6 Å². The summed E-state index contributed by atoms with van der Waals surface area (Å²) in [5, 5.41) is 33.4. The average molecular weight is 496 g/mol. The van der Waals surface area contributed by atoms with Crippen LogP contribution in [0.5, 0.6) is 0 Å². The molecule has 2 heterocycles. The van der Waals surface area contributed by atoms with E-state index >= 15 is 0 Å². The van der Waals surface area contributed by atoms with Gasteiger partial charge in [0.25, 0.3) is 0 Å². The average Bonchev–Trinajstić information content (AvgIpc) is 3.29. The van der Waals surface area contributed by atoms with Crippen molar-refractivity contribution in [2.24, 2.45) is 17.8 Å². The Kier molecular flexibility index (Phi) is 10.6. The van der Waals surface area contributed by atoms with E-state index in [2.05, 4.69) is 43.9 Å². The molecule has 4 rings (SSSR count). The topological polar surface area (TPSA) is 133 Å². The molecule has 10 heteroatoms. The molecule has 8 atom stereocenters. The molecule has 202 valence electrons. The SMILES string of the molecule is CC1CCCC(C(CO)NC(=O)C2CCCC(NCC3NNC(C4CCNCN4)N3CCO)C2)C1. The number of hydrogen-bond donors (Lipinski definition) is 8. The van der Waals surface area contributed by atoms with Crippen molar-refractivity contribution in [1.82, 2.24) is 37.0 Å². The van der Waals surface area contributed by atoms with Crippen molar-refractivity contribution < 1.29 is 15.0 Å². The highest BCUT2D eigenvalue weighted by Crippen LogP contribution is 2.31. The number of aliphatic hydroxyl groups is 2. The fourth-order valence-corrected chi connectivity index (χ4v) is 6.72. The molecule has 4 aliphatic rings. The maximum Gasteiger partial charge on any atom is 0.223 e. The van der Waals surface area contributed by atoms with Crippen LogP contribution in [0.15, 0.2) is 0 Å². The fraction of sp³-hybridized carbons (Fsp3) is 0.960. The number of rotatable bonds is 10. The first-order chi connectivity index (χ1) is 17.1. The Labute approximate surface area is 210 Å². The normalized spacial score (nSPS) is 37.7. The van der Waals surface area contributed by atoms with Crippen molar-refractivity contribution in [3.63, 3.8) is 0 Å². The molecule has 0 aromatic heterocycles. The summed E-state index contributed by atoms with van der Waals surface area (Å²) in [5.74, 6) is 1.20. The zero-order chi connectivity index (χ0) is 24.6. The molecule has 2 saturated carbocycles. The summed E-state index contributed by atoms with van der Waals surface area (Å²) in [5.41, 5.74) is 6.86. The van der Waals surface area contributed by atoms with Gasteiger partial charge in [0, 0.05) is 37.8 Å². The number of carbonyl (C=O) groups is 1. The van der Waals surface area contributed by atoms with Crippen LogP contribution in [0.2, 0.25) is 0 Å². The molecule has 8 unspecified atom stereocenters. The molecular formula is C25H49N7O3. The number of hydrogen-bond acceptors (Lipinski definition) is 9. The van der Waals surface area contributed by atoms with Crippen LogP contribution in [0.3, 0.4) is 0 Å². The molecule has 2 saturated heterocycles. The van der Waals surface area contributed by atoms with Crippen LogP contribution in [0.25, 0.3) is 0 Å². The maximum atomic E-state index is 13.1. The van der Waals surface area contributed by atoms with E-state index in [4.69, 9.17) is 0 Å². The van der Waals surface area contributed by atoms with Gasteiger partial charge < -0.3 is 26.2 Å². The minimum atomic E-state index is -0.111. The van der Waals surface area contributed by atoms with Gasteiger partial charge in [-0.3, -0.25) is 15.0 Å². The number of amides is 1. The number of hydrazine groups is 1. The predicted octanol–water partition coefficient (Wildman–Crippen LogP) is -0.598. The second-order valence-electron chi connectivity index (χ2n) is 11.3. The van der Waals surface area contributed by atoms with Crippen molar-refractivity contribution >= 4 is 5.91 Å². The lowest BCUT2D eigenvalue weighted by Gasteiger charge is -2.36. The molecule has 0 spiro atoms. The van der Waals surface area contributed by atoms with Crippen molar-refractivity contribution in [2.45, 2.75) is 95.2 Å². The van der Waals surface area contributed by atoms with E-state index in [9.17, 15) is 15.0 Å². The van der Waals surface area contributed by atoms with Crippen molar-refractivity contribution in [1.29, 1.82) is 0 Å². The molecule has 0 aromatic carbocycles. The summed E-state index contributed by atoms with van der Waals surface area (Å²) in [6.45, 7) is 5.61. The van der Waals surface area contributed by atoms with E-state index in [0.29, 0.717) is 30.5 Å². The van der Waals surface area contributed by atoms with Gasteiger partial charge in [0.2, 0.25) is 5.91 Å². The second-order valence-corrected chi connectivity index (χ2v) is 11.3. The molecule has 35 heavy (non-hydrogen) atoms. The van der Waals surface area contributed by atoms with E-state index in [-0.39, 0.29) is 43.4 Å². The van der Waals surface area contributed by atoms with Crippen LogP contribution in [-0.2, 0) is 4.79 Å². The standard InChI is InChI=1S/C25H49N7O3/c1-17-4-2-5-18(12-17)22(15-34)29-25(35)19-6-3-7-20(13-19)27-14-23-30-31-24(32(23)10-11-33)21-8-9-26-16-28-21/h17-24,26-28,30-31,33-34H,2-16H2,1H3,(H,29,35). The van der Waals surface area contributed by atoms with Crippen LogP contribution in [-0.4, -0.2) is 91.0 Å². The summed E-state index contributed by atoms with van der Waals surface area (Å²) in [6.07, 6.45) is 9.79. The molecule has 2 aliphatic heterocycles. The van der Waals surface area contributed by atoms with Crippen LogP contribution in [0.1, 0.15) is 64.7 Å². The minimum Gasteiger partial charge on any atom is -0.395 e. The smallest absolute Gasteiger partial charge is 0.223 e. The number of β-amino-alcohol motifs (C(OH)–C–C–N with tert-alkyl or cyclic N) is 1. The van der Waals surface area contributed by atoms with Crippen molar-refractivity contribution in [3.8, 4) is 0 Å². The highest BCUT2D eigenvalue weighted by Gasteiger charge is 2.38. The quantitative estimate of drug-likeness (QED) is 0.200. The third-order valence-corrected chi connectivity index (χ3v) is 8.73. The monoisotopic (exact) mass is 495 g/mol. The number of carbonyl (C=O) groups excluding carboxylic acids is 1. The van der Waals surface area contributed by atoms with Crippen LogP contribution in [0, 0.1) is 17.8 Å². The number of nitrogens with zero attached hydrogens (tertiary/aromatic N) is 1. The van der Waals surface area contributed by atoms with Crippen LogP contribution in [0.4, 0.5) is 0 Å². The molecule has 1 amide bonds. The Bertz CT molecular complexity index is 651. The summed E-state index contributed by atoms with van der Waals surface area (Å²) in [7, 11) is 0. The van der Waals surface area contributed by atoms with E-state index in [1.165, 1.54) is 12.8 Å². The van der Waals surface area contributed by atoms with Gasteiger partial charge in [-0.15, -0.1) is 0 Å². The lowest BCUT2D eigenvalue weighted by atomic mass is 9.78. The molecule has 0 radical (unpaired) electrons. The van der Waals surface area contributed by atoms with E-state index in [0.717, 1.165) is 64.7 Å². The maximum absolute atomic E-state index is 13.1. The van der Waals surface area contributed by atoms with E-state index in [1.54, 1.807) is 0 Å². The van der Waals surface area contributed by atoms with E-state index < -0.39 is 0 Å². The largest absolute Gasteiger partial charge is 0.395 e. The fourth-order valence-electron chi connectivity index (χ4n) is 6.72. The summed E-state index contributed by atoms with van der Waals surface area (Å²) in [6, 6.07) is 0.519. The summed E-state index contributed by atoms with van der Waals surface area (Å²) >= 11 is 0. The Morgan fingerprint density at radius 2 is 1.94 bits per heavy atom. The predicted molar refractivity (Wildman–Crippen MR) is 136 cm³/mol. The van der Waals surface area contributed by atoms with Gasteiger partial charge in [-0.25, -0.2) is 10.9 Å². The van der Waals surface area contributed by atoms with Gasteiger partial charge in [-0.05, 0) is 56.9 Å². The Morgan fingerprint density at radius 1 is 1.09 bits per heavy atom. The lowest BCUT2D eigenvalue weighted by molar-refractivity contribution is -0.127. The minimum absolute atomic E-state index is 0.00575. The first-order valence-electron chi connectivity index (χ1n) is 14.1. The summed E-state index contributed by atoms with van der Waals surface area (Å²) < 4.78 is 0. The van der Waals surface area contributed by atoms with E-state index in [1.807, 2.05) is 0 Å². The Hall–Kier alpha value is -0.850. The zero-order valence-electron chi connectivity index (χ0n) is 21.5. The molecule has 0 aromatic rings. The van der Waals surface area contributed by atoms with Crippen LogP contribution >= 0.6 is 0 Å². The highest BCUT2D eigenvalue weighted by molar-refractivity contribution is 5.79. The third-order valence-electron chi connectivity index (χ3n) is 8.73. The van der Waals surface area contributed by atoms with Crippen molar-refractivity contribution in [3.05, 3.63) is 0 Å². The highest BCUT2D eigenvalue weighted by atomic mass is 16.3. The number of nitrogens with one attached hydrogen (secondary N) is 6. The Balaban J connectivity index is 1.25. The molecule has 4 fully saturated rings.